The third-order valence-electron chi connectivity index (χ3n) is 3.15. The Labute approximate surface area is 172 Å². The van der Waals surface area contributed by atoms with Gasteiger partial charge in [-0.2, -0.15) is 0 Å². The Hall–Kier alpha value is -2.14. The van der Waals surface area contributed by atoms with Crippen LogP contribution in [0.25, 0.3) is 0 Å². The second-order valence-electron chi connectivity index (χ2n) is 6.77. The number of benzene rings is 1. The van der Waals surface area contributed by atoms with E-state index in [4.69, 9.17) is 27.5 Å². The van der Waals surface area contributed by atoms with E-state index >= 15 is 0 Å². The molecule has 164 valence electrons. The molecule has 9 nitrogen and oxygen atoms in total. The Bertz CT molecular complexity index is 645. The maximum atomic E-state index is 12.2. The second kappa shape index (κ2) is 11.8. The maximum absolute atomic E-state index is 12.2. The molecule has 0 bridgehead atoms. The minimum atomic E-state index is -3.03. The van der Waals surface area contributed by atoms with Crippen LogP contribution in [0.1, 0.15) is 41.5 Å². The van der Waals surface area contributed by atoms with Crippen molar-refractivity contribution in [2.75, 3.05) is 26.0 Å². The summed E-state index contributed by atoms with van der Waals surface area (Å²) in [6.45, 7) is 11.9. The number of hydrogen-bond donors (Lipinski definition) is 1. The Balaban J connectivity index is 2.68. The molecule has 0 unspecified atom stereocenters. The van der Waals surface area contributed by atoms with Crippen molar-refractivity contribution in [2.24, 2.45) is 0 Å². The largest absolute Gasteiger partial charge is 0.521 e. The zero-order valence-electron chi connectivity index (χ0n) is 17.9. The van der Waals surface area contributed by atoms with Crippen LogP contribution in [0, 0.1) is 0 Å². The van der Waals surface area contributed by atoms with Crippen LogP contribution in [0.15, 0.2) is 24.3 Å². The van der Waals surface area contributed by atoms with Crippen LogP contribution in [0.3, 0.4) is 0 Å². The van der Waals surface area contributed by atoms with Gasteiger partial charge in [-0.1, -0.05) is 6.07 Å². The molecule has 0 atom stereocenters. The van der Waals surface area contributed by atoms with E-state index < -0.39 is 26.7 Å². The van der Waals surface area contributed by atoms with E-state index in [1.165, 1.54) is 6.07 Å². The second-order valence-corrected chi connectivity index (χ2v) is 9.35. The quantitative estimate of drug-likeness (QED) is 0.341. The normalized spacial score (nSPS) is 11.7. The molecule has 1 aromatic rings. The van der Waals surface area contributed by atoms with E-state index in [9.17, 15) is 9.59 Å². The molecule has 1 aromatic carbocycles. The average molecular weight is 430 g/mol. The van der Waals surface area contributed by atoms with E-state index in [0.717, 1.165) is 0 Å². The SMILES string of the molecule is CCO[Si](CNC(=O)Oc1cccc(OC(=O)OC(C)(C)C)c1)(OCC)OCC. The summed E-state index contributed by atoms with van der Waals surface area (Å²) in [5.41, 5.74) is -0.677. The lowest BCUT2D eigenvalue weighted by Crippen LogP contribution is -2.55. The highest BCUT2D eigenvalue weighted by Crippen LogP contribution is 2.21. The first-order valence-corrected chi connectivity index (χ1v) is 11.4. The maximum Gasteiger partial charge on any atom is 0.521 e. The van der Waals surface area contributed by atoms with Crippen LogP contribution < -0.4 is 14.8 Å². The van der Waals surface area contributed by atoms with Gasteiger partial charge in [0.05, 0.1) is 6.17 Å². The van der Waals surface area contributed by atoms with Gasteiger partial charge in [-0.3, -0.25) is 0 Å². The monoisotopic (exact) mass is 429 g/mol. The van der Waals surface area contributed by atoms with E-state index in [-0.39, 0.29) is 17.7 Å². The van der Waals surface area contributed by atoms with Crippen LogP contribution >= 0.6 is 0 Å². The summed E-state index contributed by atoms with van der Waals surface area (Å²) in [6.07, 6.45) is -1.49. The van der Waals surface area contributed by atoms with Crippen LogP contribution in [0.2, 0.25) is 0 Å². The number of hydrogen-bond acceptors (Lipinski definition) is 8. The van der Waals surface area contributed by atoms with Crippen molar-refractivity contribution >= 4 is 21.1 Å². The van der Waals surface area contributed by atoms with Crippen molar-refractivity contribution in [1.29, 1.82) is 0 Å². The first-order valence-electron chi connectivity index (χ1n) is 9.51. The number of rotatable bonds is 10. The Morgan fingerprint density at radius 2 is 1.45 bits per heavy atom. The lowest BCUT2D eigenvalue weighted by molar-refractivity contribution is 0.0206. The summed E-state index contributed by atoms with van der Waals surface area (Å²) in [4.78, 5) is 23.9. The first-order chi connectivity index (χ1) is 13.6. The van der Waals surface area contributed by atoms with Crippen LogP contribution in [-0.4, -0.2) is 52.6 Å². The summed E-state index contributed by atoms with van der Waals surface area (Å²) in [5.74, 6) is 0.381. The molecule has 0 aliphatic carbocycles. The molecule has 0 radical (unpaired) electrons. The van der Waals surface area contributed by atoms with Crippen LogP contribution in [0.4, 0.5) is 9.59 Å². The summed E-state index contributed by atoms with van der Waals surface area (Å²) >= 11 is 0. The molecule has 0 aliphatic heterocycles. The number of ether oxygens (including phenoxy) is 3. The van der Waals surface area contributed by atoms with Gasteiger partial charge in [-0.25, -0.2) is 9.59 Å². The molecule has 1 amide bonds. The summed E-state index contributed by atoms with van der Waals surface area (Å²) < 4.78 is 32.4. The molecule has 29 heavy (non-hydrogen) atoms. The number of carbonyl (C=O) groups excluding carboxylic acids is 2. The molecule has 0 saturated carbocycles. The zero-order valence-corrected chi connectivity index (χ0v) is 18.9. The molecule has 10 heteroatoms. The molecular formula is C19H31NO8Si. The minimum Gasteiger partial charge on any atom is -0.428 e. The third kappa shape index (κ3) is 9.75. The van der Waals surface area contributed by atoms with Gasteiger partial charge in [-0.15, -0.1) is 0 Å². The fraction of sp³-hybridized carbons (Fsp3) is 0.579. The standard InChI is InChI=1S/C19H31NO8Si/c1-7-23-29(24-8-2,25-9-3)14-20-17(21)26-15-11-10-12-16(13-15)27-18(22)28-19(4,5)6/h10-13H,7-9,14H2,1-6H3,(H,20,21). The highest BCUT2D eigenvalue weighted by Gasteiger charge is 2.41. The molecular weight excluding hydrogens is 398 g/mol. The molecule has 0 saturated heterocycles. The molecule has 0 aliphatic rings. The van der Waals surface area contributed by atoms with Gasteiger partial charge in [0.15, 0.2) is 0 Å². The fourth-order valence-corrected chi connectivity index (χ4v) is 4.47. The Kier molecular flexibility index (Phi) is 10.1. The third-order valence-corrected chi connectivity index (χ3v) is 5.94. The lowest BCUT2D eigenvalue weighted by Gasteiger charge is -2.28. The van der Waals surface area contributed by atoms with E-state index in [1.54, 1.807) is 39.0 Å². The number of carbonyl (C=O) groups is 2. The smallest absolute Gasteiger partial charge is 0.428 e. The highest BCUT2D eigenvalue weighted by atomic mass is 28.4. The predicted molar refractivity (Wildman–Crippen MR) is 108 cm³/mol. The Morgan fingerprint density at radius 1 is 0.931 bits per heavy atom. The lowest BCUT2D eigenvalue weighted by atomic mass is 10.2. The summed E-state index contributed by atoms with van der Waals surface area (Å²) in [7, 11) is -3.03. The van der Waals surface area contributed by atoms with Gasteiger partial charge in [-0.05, 0) is 53.7 Å². The van der Waals surface area contributed by atoms with Crippen molar-refractivity contribution in [1.82, 2.24) is 5.32 Å². The molecule has 0 spiro atoms. The van der Waals surface area contributed by atoms with E-state index in [2.05, 4.69) is 5.32 Å². The summed E-state index contributed by atoms with van der Waals surface area (Å²) in [6, 6.07) is 6.09. The molecule has 0 heterocycles. The van der Waals surface area contributed by atoms with Crippen LogP contribution in [-0.2, 0) is 18.0 Å². The average Bonchev–Trinajstić information content (AvgIpc) is 2.59. The van der Waals surface area contributed by atoms with Crippen LogP contribution in [0.5, 0.6) is 11.5 Å². The van der Waals surface area contributed by atoms with Gasteiger partial charge in [0.2, 0.25) is 0 Å². The van der Waals surface area contributed by atoms with Crippen molar-refractivity contribution in [2.45, 2.75) is 47.1 Å². The predicted octanol–water partition coefficient (Wildman–Crippen LogP) is 3.68. The van der Waals surface area contributed by atoms with Crippen molar-refractivity contribution in [3.63, 3.8) is 0 Å². The molecule has 0 fully saturated rings. The fourth-order valence-electron chi connectivity index (χ4n) is 2.23. The molecule has 0 aromatic heterocycles. The van der Waals surface area contributed by atoms with Crippen molar-refractivity contribution in [3.05, 3.63) is 24.3 Å². The number of nitrogens with one attached hydrogen (secondary N) is 1. The van der Waals surface area contributed by atoms with E-state index in [1.807, 2.05) is 20.8 Å². The van der Waals surface area contributed by atoms with Gasteiger partial charge < -0.3 is 32.8 Å². The summed E-state index contributed by atoms with van der Waals surface area (Å²) in [5, 5.41) is 2.61. The van der Waals surface area contributed by atoms with Crippen molar-refractivity contribution in [3.8, 4) is 11.5 Å². The number of amides is 1. The van der Waals surface area contributed by atoms with Gasteiger partial charge in [0.1, 0.15) is 17.1 Å². The zero-order chi connectivity index (χ0) is 21.9. The minimum absolute atomic E-state index is 0.0649. The topological polar surface area (TPSA) is 102 Å². The molecule has 1 N–H and O–H groups in total. The Morgan fingerprint density at radius 3 is 1.93 bits per heavy atom. The van der Waals surface area contributed by atoms with Crippen molar-refractivity contribution < 1.29 is 37.1 Å². The van der Waals surface area contributed by atoms with Gasteiger partial charge in [0, 0.05) is 25.9 Å². The first kappa shape index (κ1) is 24.9. The van der Waals surface area contributed by atoms with Gasteiger partial charge >= 0.3 is 21.1 Å². The van der Waals surface area contributed by atoms with Gasteiger partial charge in [0.25, 0.3) is 0 Å². The molecule has 1 rings (SSSR count). The van der Waals surface area contributed by atoms with E-state index in [0.29, 0.717) is 19.8 Å². The highest BCUT2D eigenvalue weighted by molar-refractivity contribution is 6.61.